The highest BCUT2D eigenvalue weighted by Crippen LogP contribution is 2.25. The van der Waals surface area contributed by atoms with Crippen molar-refractivity contribution in [1.29, 1.82) is 0 Å². The number of carbonyl (C=O) groups excluding carboxylic acids is 2. The summed E-state index contributed by atoms with van der Waals surface area (Å²) in [5, 5.41) is 2.85. The topological polar surface area (TPSA) is 58.6 Å². The van der Waals surface area contributed by atoms with Crippen LogP contribution >= 0.6 is 22.9 Å². The van der Waals surface area contributed by atoms with E-state index < -0.39 is 0 Å². The molecule has 2 aromatic carbocycles. The number of anilines is 1. The van der Waals surface area contributed by atoms with Gasteiger partial charge >= 0.3 is 0 Å². The van der Waals surface area contributed by atoms with Crippen LogP contribution in [0.15, 0.2) is 60.7 Å². The first-order valence-corrected chi connectivity index (χ1v) is 10.3. The van der Waals surface area contributed by atoms with Crippen molar-refractivity contribution in [3.05, 3.63) is 81.0 Å². The predicted octanol–water partition coefficient (Wildman–Crippen LogP) is 5.32. The van der Waals surface area contributed by atoms with Gasteiger partial charge in [-0.25, -0.2) is 0 Å². The summed E-state index contributed by atoms with van der Waals surface area (Å²) in [5.41, 5.74) is 1.40. The van der Waals surface area contributed by atoms with Crippen molar-refractivity contribution in [2.45, 2.75) is 13.5 Å². The second-order valence-corrected chi connectivity index (χ2v) is 8.05. The van der Waals surface area contributed by atoms with Crippen LogP contribution < -0.4 is 10.1 Å². The largest absolute Gasteiger partial charge is 0.497 e. The van der Waals surface area contributed by atoms with E-state index in [0.717, 1.165) is 4.88 Å². The average Bonchev–Trinajstić information content (AvgIpc) is 3.16. The third kappa shape index (κ3) is 5.16. The minimum Gasteiger partial charge on any atom is -0.497 e. The number of halogens is 1. The molecule has 1 aromatic heterocycles. The van der Waals surface area contributed by atoms with Gasteiger partial charge in [0.1, 0.15) is 5.75 Å². The Bertz CT molecular complexity index is 1000. The fraction of sp³-hybridized carbons (Fsp3) is 0.182. The molecule has 3 rings (SSSR count). The number of para-hydroxylation sites is 1. The molecule has 0 aliphatic heterocycles. The number of nitrogens with one attached hydrogen (secondary N) is 1. The van der Waals surface area contributed by atoms with Crippen molar-refractivity contribution in [3.63, 3.8) is 0 Å². The lowest BCUT2D eigenvalue weighted by Gasteiger charge is -2.22. The van der Waals surface area contributed by atoms with Gasteiger partial charge in [-0.15, -0.1) is 11.3 Å². The van der Waals surface area contributed by atoms with E-state index >= 15 is 0 Å². The third-order valence-electron chi connectivity index (χ3n) is 4.40. The maximum absolute atomic E-state index is 13.1. The van der Waals surface area contributed by atoms with E-state index in [-0.39, 0.29) is 11.8 Å². The minimum absolute atomic E-state index is 0.150. The van der Waals surface area contributed by atoms with Crippen molar-refractivity contribution in [1.82, 2.24) is 4.90 Å². The van der Waals surface area contributed by atoms with Crippen LogP contribution in [-0.2, 0) is 6.54 Å². The van der Waals surface area contributed by atoms with Crippen molar-refractivity contribution >= 4 is 40.4 Å². The SMILES string of the molecule is CCN(Cc1ccc(Cl)s1)C(=O)c1ccccc1NC(=O)c1ccc(OC)cc1. The zero-order valence-electron chi connectivity index (χ0n) is 16.1. The standard InChI is InChI=1S/C22H21ClN2O3S/c1-3-25(14-17-12-13-20(23)29-17)22(27)18-6-4-5-7-19(18)24-21(26)15-8-10-16(28-2)11-9-15/h4-13H,3,14H2,1-2H3,(H,24,26). The highest BCUT2D eigenvalue weighted by atomic mass is 35.5. The van der Waals surface area contributed by atoms with Gasteiger partial charge in [0.15, 0.2) is 0 Å². The fourth-order valence-electron chi connectivity index (χ4n) is 2.84. The molecular weight excluding hydrogens is 408 g/mol. The molecule has 150 valence electrons. The Balaban J connectivity index is 1.79. The van der Waals surface area contributed by atoms with Crippen molar-refractivity contribution in [2.24, 2.45) is 0 Å². The number of amides is 2. The Kier molecular flexibility index (Phi) is 6.90. The number of hydrogen-bond acceptors (Lipinski definition) is 4. The Morgan fingerprint density at radius 2 is 1.79 bits per heavy atom. The van der Waals surface area contributed by atoms with Crippen LogP contribution in [0.4, 0.5) is 5.69 Å². The van der Waals surface area contributed by atoms with Gasteiger partial charge < -0.3 is 15.0 Å². The molecule has 7 heteroatoms. The lowest BCUT2D eigenvalue weighted by Crippen LogP contribution is -2.31. The quantitative estimate of drug-likeness (QED) is 0.553. The van der Waals surface area contributed by atoms with E-state index in [1.807, 2.05) is 19.1 Å². The molecule has 29 heavy (non-hydrogen) atoms. The molecule has 3 aromatic rings. The third-order valence-corrected chi connectivity index (χ3v) is 5.62. The summed E-state index contributed by atoms with van der Waals surface area (Å²) < 4.78 is 5.81. The van der Waals surface area contributed by atoms with Crippen LogP contribution in [-0.4, -0.2) is 30.4 Å². The first-order valence-electron chi connectivity index (χ1n) is 9.09. The number of rotatable bonds is 7. The molecule has 2 amide bonds. The summed E-state index contributed by atoms with van der Waals surface area (Å²) >= 11 is 7.45. The minimum atomic E-state index is -0.291. The molecule has 0 bridgehead atoms. The molecule has 0 saturated carbocycles. The lowest BCUT2D eigenvalue weighted by molar-refractivity contribution is 0.0755. The molecule has 1 heterocycles. The van der Waals surface area contributed by atoms with Gasteiger partial charge in [0, 0.05) is 17.0 Å². The summed E-state index contributed by atoms with van der Waals surface area (Å²) in [7, 11) is 1.57. The highest BCUT2D eigenvalue weighted by Gasteiger charge is 2.20. The van der Waals surface area contributed by atoms with E-state index in [9.17, 15) is 9.59 Å². The summed E-state index contributed by atoms with van der Waals surface area (Å²) in [6.07, 6.45) is 0. The fourth-order valence-corrected chi connectivity index (χ4v) is 3.94. The number of methoxy groups -OCH3 is 1. The van der Waals surface area contributed by atoms with Gasteiger partial charge in [-0.05, 0) is 55.5 Å². The molecule has 0 aliphatic rings. The van der Waals surface area contributed by atoms with Gasteiger partial charge in [-0.3, -0.25) is 9.59 Å². The number of carbonyl (C=O) groups is 2. The highest BCUT2D eigenvalue weighted by molar-refractivity contribution is 7.16. The second-order valence-electron chi connectivity index (χ2n) is 6.25. The van der Waals surface area contributed by atoms with Gasteiger partial charge in [0.2, 0.25) is 0 Å². The van der Waals surface area contributed by atoms with Crippen LogP contribution in [0.25, 0.3) is 0 Å². The molecule has 0 saturated heterocycles. The Morgan fingerprint density at radius 1 is 1.07 bits per heavy atom. The summed E-state index contributed by atoms with van der Waals surface area (Å²) in [6, 6.07) is 17.6. The summed E-state index contributed by atoms with van der Waals surface area (Å²) in [6.45, 7) is 2.92. The van der Waals surface area contributed by atoms with Crippen molar-refractivity contribution < 1.29 is 14.3 Å². The molecule has 1 N–H and O–H groups in total. The first kappa shape index (κ1) is 20.9. The van der Waals surface area contributed by atoms with Crippen LogP contribution in [0.1, 0.15) is 32.5 Å². The first-order chi connectivity index (χ1) is 14.0. The zero-order valence-corrected chi connectivity index (χ0v) is 17.7. The Labute approximate surface area is 178 Å². The molecule has 0 spiro atoms. The number of nitrogens with zero attached hydrogens (tertiary/aromatic N) is 1. The van der Waals surface area contributed by atoms with Gasteiger partial charge in [-0.2, -0.15) is 0 Å². The predicted molar refractivity (Wildman–Crippen MR) is 117 cm³/mol. The summed E-state index contributed by atoms with van der Waals surface area (Å²) in [4.78, 5) is 28.5. The van der Waals surface area contributed by atoms with Crippen molar-refractivity contribution in [2.75, 3.05) is 19.0 Å². The molecule has 0 fully saturated rings. The van der Waals surface area contributed by atoms with Crippen LogP contribution in [0, 0.1) is 0 Å². The zero-order chi connectivity index (χ0) is 20.8. The van der Waals surface area contributed by atoms with E-state index in [2.05, 4.69) is 5.32 Å². The van der Waals surface area contributed by atoms with Gasteiger partial charge in [0.25, 0.3) is 11.8 Å². The maximum atomic E-state index is 13.1. The van der Waals surface area contributed by atoms with Crippen LogP contribution in [0.3, 0.4) is 0 Å². The smallest absolute Gasteiger partial charge is 0.256 e. The second kappa shape index (κ2) is 9.58. The molecular formula is C22H21ClN2O3S. The van der Waals surface area contributed by atoms with Crippen LogP contribution in [0.2, 0.25) is 4.34 Å². The van der Waals surface area contributed by atoms with E-state index in [1.54, 1.807) is 60.5 Å². The summed E-state index contributed by atoms with van der Waals surface area (Å²) in [5.74, 6) is 0.230. The number of thiophene rings is 1. The number of hydrogen-bond donors (Lipinski definition) is 1. The monoisotopic (exact) mass is 428 g/mol. The normalized spacial score (nSPS) is 10.4. The Morgan fingerprint density at radius 3 is 2.41 bits per heavy atom. The van der Waals surface area contributed by atoms with Gasteiger partial charge in [-0.1, -0.05) is 23.7 Å². The average molecular weight is 429 g/mol. The molecule has 0 atom stereocenters. The number of benzene rings is 2. The molecule has 0 unspecified atom stereocenters. The molecule has 5 nitrogen and oxygen atoms in total. The molecule has 0 radical (unpaired) electrons. The van der Waals surface area contributed by atoms with Gasteiger partial charge in [0.05, 0.1) is 29.2 Å². The Hall–Kier alpha value is -2.83. The van der Waals surface area contributed by atoms with Crippen LogP contribution in [0.5, 0.6) is 5.75 Å². The number of ether oxygens (including phenoxy) is 1. The molecule has 0 aliphatic carbocycles. The van der Waals surface area contributed by atoms with E-state index in [0.29, 0.717) is 40.0 Å². The van der Waals surface area contributed by atoms with Crippen molar-refractivity contribution in [3.8, 4) is 5.75 Å². The lowest BCUT2D eigenvalue weighted by atomic mass is 10.1. The maximum Gasteiger partial charge on any atom is 0.256 e. The van der Waals surface area contributed by atoms with E-state index in [4.69, 9.17) is 16.3 Å². The van der Waals surface area contributed by atoms with E-state index in [1.165, 1.54) is 11.3 Å².